The third-order valence-electron chi connectivity index (χ3n) is 4.68. The van der Waals surface area contributed by atoms with Crippen molar-refractivity contribution in [1.82, 2.24) is 15.0 Å². The normalized spacial score (nSPS) is 11.0. The summed E-state index contributed by atoms with van der Waals surface area (Å²) in [6.07, 6.45) is 0. The molecule has 0 aliphatic rings. The topological polar surface area (TPSA) is 94.2 Å². The number of non-ortho nitro benzene ring substituents is 1. The van der Waals surface area contributed by atoms with Crippen LogP contribution in [0, 0.1) is 10.1 Å². The molecule has 0 atom stereocenters. The van der Waals surface area contributed by atoms with Crippen LogP contribution in [0.1, 0.15) is 24.2 Å². The highest BCUT2D eigenvalue weighted by Gasteiger charge is 2.22. The van der Waals surface area contributed by atoms with E-state index >= 15 is 0 Å². The van der Waals surface area contributed by atoms with Crippen LogP contribution in [-0.4, -0.2) is 31.9 Å². The van der Waals surface area contributed by atoms with Crippen LogP contribution >= 0.6 is 0 Å². The summed E-state index contributed by atoms with van der Waals surface area (Å²) in [6, 6.07) is 20.5. The molecule has 3 aromatic carbocycles. The van der Waals surface area contributed by atoms with Crippen molar-refractivity contribution in [3.63, 3.8) is 0 Å². The van der Waals surface area contributed by atoms with E-state index in [9.17, 15) is 14.9 Å². The number of nitrogens with zero attached hydrogens (tertiary/aromatic N) is 5. The van der Waals surface area contributed by atoms with Crippen LogP contribution in [0.25, 0.3) is 16.7 Å². The van der Waals surface area contributed by atoms with E-state index in [0.717, 1.165) is 16.7 Å². The third kappa shape index (κ3) is 3.62. The number of hydrogen-bond acceptors (Lipinski definition) is 5. The molecule has 0 saturated carbocycles. The van der Waals surface area contributed by atoms with Gasteiger partial charge in [0.25, 0.3) is 11.6 Å². The summed E-state index contributed by atoms with van der Waals surface area (Å²) in [5, 5.41) is 20.0. The minimum atomic E-state index is -0.508. The largest absolute Gasteiger partial charge is 0.306 e. The number of fused-ring (bicyclic) bond motifs is 1. The van der Waals surface area contributed by atoms with Crippen molar-refractivity contribution in [3.05, 3.63) is 88.5 Å². The summed E-state index contributed by atoms with van der Waals surface area (Å²) < 4.78 is 0. The second-order valence-electron chi connectivity index (χ2n) is 7.07. The molecule has 150 valence electrons. The Kier molecular flexibility index (Phi) is 4.97. The molecule has 8 nitrogen and oxygen atoms in total. The van der Waals surface area contributed by atoms with Crippen LogP contribution < -0.4 is 4.90 Å². The summed E-state index contributed by atoms with van der Waals surface area (Å²) in [4.78, 5) is 26.8. The molecular weight excluding hydrogens is 382 g/mol. The number of amides is 1. The van der Waals surface area contributed by atoms with E-state index in [1.54, 1.807) is 15.8 Å². The fraction of sp³-hybridized carbons (Fsp3) is 0.136. The van der Waals surface area contributed by atoms with Crippen LogP contribution in [0.15, 0.2) is 72.8 Å². The van der Waals surface area contributed by atoms with Crippen molar-refractivity contribution >= 4 is 28.3 Å². The number of anilines is 1. The maximum Gasteiger partial charge on any atom is 0.270 e. The molecule has 4 rings (SSSR count). The molecule has 0 spiro atoms. The first-order valence-electron chi connectivity index (χ1n) is 9.44. The SMILES string of the molecule is CC(C)N(C(=O)c1cccc([N+](=O)[O-])c1)c1ccc(-n2nc3ccccc3n2)cc1. The lowest BCUT2D eigenvalue weighted by molar-refractivity contribution is -0.384. The molecule has 1 heterocycles. The van der Waals surface area contributed by atoms with Gasteiger partial charge in [-0.05, 0) is 56.3 Å². The zero-order chi connectivity index (χ0) is 21.3. The van der Waals surface area contributed by atoms with E-state index in [1.165, 1.54) is 18.2 Å². The average Bonchev–Trinajstić information content (AvgIpc) is 3.18. The van der Waals surface area contributed by atoms with Crippen molar-refractivity contribution in [1.29, 1.82) is 0 Å². The smallest absolute Gasteiger partial charge is 0.270 e. The Labute approximate surface area is 172 Å². The number of nitro groups is 1. The minimum Gasteiger partial charge on any atom is -0.306 e. The number of nitro benzene ring substituents is 1. The van der Waals surface area contributed by atoms with Gasteiger partial charge in [-0.3, -0.25) is 14.9 Å². The molecule has 1 amide bonds. The lowest BCUT2D eigenvalue weighted by Crippen LogP contribution is -2.37. The molecule has 0 saturated heterocycles. The molecule has 0 unspecified atom stereocenters. The highest BCUT2D eigenvalue weighted by molar-refractivity contribution is 6.06. The standard InChI is InChI=1S/C22H19N5O3/c1-15(2)25(22(28)16-6-5-7-19(14-16)27(29)30)17-10-12-18(13-11-17)26-23-20-8-3-4-9-21(20)24-26/h3-15H,1-2H3. The Morgan fingerprint density at radius 2 is 1.60 bits per heavy atom. The quantitative estimate of drug-likeness (QED) is 0.365. The lowest BCUT2D eigenvalue weighted by atomic mass is 10.1. The van der Waals surface area contributed by atoms with Crippen LogP contribution in [-0.2, 0) is 0 Å². The van der Waals surface area contributed by atoms with Gasteiger partial charge in [-0.1, -0.05) is 18.2 Å². The van der Waals surface area contributed by atoms with Crippen molar-refractivity contribution in [2.24, 2.45) is 0 Å². The van der Waals surface area contributed by atoms with E-state index in [2.05, 4.69) is 10.2 Å². The van der Waals surface area contributed by atoms with Crippen LogP contribution in [0.5, 0.6) is 0 Å². The molecule has 1 aromatic heterocycles. The highest BCUT2D eigenvalue weighted by Crippen LogP contribution is 2.24. The number of aromatic nitrogens is 3. The fourth-order valence-electron chi connectivity index (χ4n) is 3.26. The summed E-state index contributed by atoms with van der Waals surface area (Å²) >= 11 is 0. The van der Waals surface area contributed by atoms with Gasteiger partial charge in [-0.2, -0.15) is 4.80 Å². The second-order valence-corrected chi connectivity index (χ2v) is 7.07. The van der Waals surface area contributed by atoms with E-state index < -0.39 is 4.92 Å². The Morgan fingerprint density at radius 3 is 2.17 bits per heavy atom. The Hall–Kier alpha value is -4.07. The van der Waals surface area contributed by atoms with Crippen molar-refractivity contribution in [2.45, 2.75) is 19.9 Å². The molecular formula is C22H19N5O3. The first-order chi connectivity index (χ1) is 14.4. The van der Waals surface area contributed by atoms with Crippen molar-refractivity contribution in [3.8, 4) is 5.69 Å². The first-order valence-corrected chi connectivity index (χ1v) is 9.44. The molecule has 8 heteroatoms. The third-order valence-corrected chi connectivity index (χ3v) is 4.68. The van der Waals surface area contributed by atoms with Gasteiger partial charge in [-0.15, -0.1) is 10.2 Å². The van der Waals surface area contributed by atoms with Gasteiger partial charge < -0.3 is 4.90 Å². The molecule has 0 aliphatic carbocycles. The maximum atomic E-state index is 13.1. The number of carbonyl (C=O) groups excluding carboxylic acids is 1. The Bertz CT molecular complexity index is 1200. The van der Waals surface area contributed by atoms with Crippen LogP contribution in [0.4, 0.5) is 11.4 Å². The maximum absolute atomic E-state index is 13.1. The highest BCUT2D eigenvalue weighted by atomic mass is 16.6. The van der Waals surface area contributed by atoms with Crippen LogP contribution in [0.3, 0.4) is 0 Å². The molecule has 30 heavy (non-hydrogen) atoms. The van der Waals surface area contributed by atoms with E-state index in [-0.39, 0.29) is 23.2 Å². The predicted octanol–water partition coefficient (Wildman–Crippen LogP) is 4.38. The fourth-order valence-corrected chi connectivity index (χ4v) is 3.26. The summed E-state index contributed by atoms with van der Waals surface area (Å²) in [7, 11) is 0. The van der Waals surface area contributed by atoms with E-state index in [4.69, 9.17) is 0 Å². The van der Waals surface area contributed by atoms with E-state index in [1.807, 2.05) is 62.4 Å². The summed E-state index contributed by atoms with van der Waals surface area (Å²) in [6.45, 7) is 3.79. The van der Waals surface area contributed by atoms with Gasteiger partial charge in [0.2, 0.25) is 0 Å². The lowest BCUT2D eigenvalue weighted by Gasteiger charge is -2.27. The van der Waals surface area contributed by atoms with Gasteiger partial charge in [-0.25, -0.2) is 0 Å². The molecule has 0 aliphatic heterocycles. The van der Waals surface area contributed by atoms with Crippen molar-refractivity contribution in [2.75, 3.05) is 4.90 Å². The van der Waals surface area contributed by atoms with Crippen LogP contribution in [0.2, 0.25) is 0 Å². The van der Waals surface area contributed by atoms with Gasteiger partial charge in [0.15, 0.2) is 0 Å². The van der Waals surface area contributed by atoms with Gasteiger partial charge in [0, 0.05) is 29.4 Å². The second kappa shape index (κ2) is 7.75. The van der Waals surface area contributed by atoms with Gasteiger partial charge >= 0.3 is 0 Å². The van der Waals surface area contributed by atoms with Gasteiger partial charge in [0.1, 0.15) is 11.0 Å². The summed E-state index contributed by atoms with van der Waals surface area (Å²) in [5.41, 5.74) is 3.19. The predicted molar refractivity (Wildman–Crippen MR) is 114 cm³/mol. The molecule has 0 N–H and O–H groups in total. The molecule has 0 fully saturated rings. The Balaban J connectivity index is 1.65. The average molecular weight is 401 g/mol. The number of carbonyl (C=O) groups is 1. The molecule has 0 bridgehead atoms. The van der Waals surface area contributed by atoms with Crippen molar-refractivity contribution < 1.29 is 9.72 Å². The zero-order valence-electron chi connectivity index (χ0n) is 16.5. The number of hydrogen-bond donors (Lipinski definition) is 0. The monoisotopic (exact) mass is 401 g/mol. The van der Waals surface area contributed by atoms with E-state index in [0.29, 0.717) is 5.69 Å². The van der Waals surface area contributed by atoms with Gasteiger partial charge in [0.05, 0.1) is 10.6 Å². The number of rotatable bonds is 5. The first kappa shape index (κ1) is 19.3. The summed E-state index contributed by atoms with van der Waals surface area (Å²) in [5.74, 6) is -0.301. The minimum absolute atomic E-state index is 0.114. The number of benzene rings is 3. The molecule has 4 aromatic rings. The zero-order valence-corrected chi connectivity index (χ0v) is 16.5. The Morgan fingerprint density at radius 1 is 0.967 bits per heavy atom. The molecule has 0 radical (unpaired) electrons.